The maximum Gasteiger partial charge on any atom is 0.321 e. The second kappa shape index (κ2) is 8.99. The summed E-state index contributed by atoms with van der Waals surface area (Å²) < 4.78 is 9.76. The highest BCUT2D eigenvalue weighted by molar-refractivity contribution is 5.96. The number of allylic oxidation sites excluding steroid dienone is 1. The Bertz CT molecular complexity index is 791. The number of hydrogen-bond acceptors (Lipinski definition) is 4. The summed E-state index contributed by atoms with van der Waals surface area (Å²) in [7, 11) is 2.55. The number of ether oxygens (including phenoxy) is 2. The van der Waals surface area contributed by atoms with Gasteiger partial charge in [-0.25, -0.2) is 0 Å². The van der Waals surface area contributed by atoms with Crippen molar-refractivity contribution in [3.63, 3.8) is 0 Å². The van der Waals surface area contributed by atoms with Crippen molar-refractivity contribution in [1.29, 1.82) is 0 Å². The number of methoxy groups -OCH3 is 2. The Morgan fingerprint density at radius 1 is 0.846 bits per heavy atom. The fourth-order valence-electron chi connectivity index (χ4n) is 2.98. The zero-order chi connectivity index (χ0) is 19.1. The predicted molar refractivity (Wildman–Crippen MR) is 102 cm³/mol. The molecule has 0 spiro atoms. The van der Waals surface area contributed by atoms with E-state index in [1.807, 2.05) is 74.5 Å². The highest BCUT2D eigenvalue weighted by Gasteiger charge is 2.37. The van der Waals surface area contributed by atoms with E-state index in [2.05, 4.69) is 0 Å². The summed E-state index contributed by atoms with van der Waals surface area (Å²) in [6, 6.07) is 15.6. The first-order chi connectivity index (χ1) is 12.5. The van der Waals surface area contributed by atoms with E-state index in [-0.39, 0.29) is 0 Å². The Labute approximate surface area is 154 Å². The van der Waals surface area contributed by atoms with Gasteiger partial charge < -0.3 is 9.47 Å². The highest BCUT2D eigenvalue weighted by atomic mass is 16.5. The number of esters is 2. The lowest BCUT2D eigenvalue weighted by Gasteiger charge is -2.22. The Balaban J connectivity index is 2.54. The molecule has 0 radical (unpaired) electrons. The Morgan fingerprint density at radius 2 is 1.38 bits per heavy atom. The van der Waals surface area contributed by atoms with Gasteiger partial charge in [0.25, 0.3) is 0 Å². The molecule has 0 amide bonds. The molecule has 136 valence electrons. The molecule has 0 bridgehead atoms. The normalized spacial score (nSPS) is 12.2. The second-order valence-corrected chi connectivity index (χ2v) is 6.12. The van der Waals surface area contributed by atoms with Crippen LogP contribution in [0.1, 0.15) is 28.2 Å². The molecule has 0 aliphatic heterocycles. The van der Waals surface area contributed by atoms with Crippen LogP contribution >= 0.6 is 0 Å². The van der Waals surface area contributed by atoms with Gasteiger partial charge in [0.2, 0.25) is 0 Å². The number of hydrogen-bond donors (Lipinski definition) is 0. The van der Waals surface area contributed by atoms with Gasteiger partial charge in [-0.1, -0.05) is 60.7 Å². The number of benzene rings is 2. The van der Waals surface area contributed by atoms with Crippen molar-refractivity contribution < 1.29 is 19.1 Å². The molecule has 0 N–H and O–H groups in total. The monoisotopic (exact) mass is 352 g/mol. The lowest BCUT2D eigenvalue weighted by atomic mass is 9.83. The number of carbonyl (C=O) groups is 2. The molecule has 0 saturated carbocycles. The number of rotatable bonds is 6. The van der Waals surface area contributed by atoms with Gasteiger partial charge >= 0.3 is 11.9 Å². The lowest BCUT2D eigenvalue weighted by Crippen LogP contribution is -2.31. The molecule has 1 atom stereocenters. The molecule has 1 unspecified atom stereocenters. The third kappa shape index (κ3) is 4.39. The van der Waals surface area contributed by atoms with E-state index in [4.69, 9.17) is 9.47 Å². The lowest BCUT2D eigenvalue weighted by molar-refractivity contribution is -0.159. The summed E-state index contributed by atoms with van der Waals surface area (Å²) in [5.74, 6) is -2.78. The molecule has 4 nitrogen and oxygen atoms in total. The Hall–Kier alpha value is -2.88. The summed E-state index contributed by atoms with van der Waals surface area (Å²) in [5, 5.41) is 0. The van der Waals surface area contributed by atoms with Crippen LogP contribution in [0.2, 0.25) is 0 Å². The maximum atomic E-state index is 12.4. The van der Waals surface area contributed by atoms with Gasteiger partial charge in [0.15, 0.2) is 5.92 Å². The van der Waals surface area contributed by atoms with Crippen LogP contribution in [0.5, 0.6) is 0 Å². The van der Waals surface area contributed by atoms with Crippen molar-refractivity contribution in [1.82, 2.24) is 0 Å². The van der Waals surface area contributed by atoms with Crippen molar-refractivity contribution >= 4 is 18.0 Å². The third-order valence-corrected chi connectivity index (χ3v) is 4.49. The van der Waals surface area contributed by atoms with Crippen LogP contribution < -0.4 is 0 Å². The minimum Gasteiger partial charge on any atom is -0.468 e. The number of carbonyl (C=O) groups excluding carboxylic acids is 2. The molecule has 0 saturated heterocycles. The molecule has 0 heterocycles. The van der Waals surface area contributed by atoms with E-state index in [1.54, 1.807) is 0 Å². The summed E-state index contributed by atoms with van der Waals surface area (Å²) in [5.41, 5.74) is 4.02. The molecule has 26 heavy (non-hydrogen) atoms. The molecular formula is C22H24O4. The Morgan fingerprint density at radius 3 is 1.92 bits per heavy atom. The Kier molecular flexibility index (Phi) is 6.73. The van der Waals surface area contributed by atoms with Crippen molar-refractivity contribution in [2.45, 2.75) is 19.8 Å². The number of aryl methyl sites for hydroxylation is 2. The zero-order valence-corrected chi connectivity index (χ0v) is 15.6. The minimum absolute atomic E-state index is 0.490. The molecule has 0 aliphatic rings. The van der Waals surface area contributed by atoms with Crippen LogP contribution in [0.25, 0.3) is 6.08 Å². The molecule has 2 aromatic carbocycles. The third-order valence-electron chi connectivity index (χ3n) is 4.49. The molecule has 2 rings (SSSR count). The van der Waals surface area contributed by atoms with Crippen LogP contribution in [0.15, 0.2) is 54.6 Å². The summed E-state index contributed by atoms with van der Waals surface area (Å²) in [6.45, 7) is 3.97. The van der Waals surface area contributed by atoms with Crippen molar-refractivity contribution in [2.24, 2.45) is 5.92 Å². The van der Waals surface area contributed by atoms with Crippen LogP contribution in [-0.2, 0) is 19.1 Å². The van der Waals surface area contributed by atoms with Gasteiger partial charge in [-0.15, -0.1) is 0 Å². The van der Waals surface area contributed by atoms with E-state index >= 15 is 0 Å². The van der Waals surface area contributed by atoms with E-state index in [0.717, 1.165) is 22.3 Å². The van der Waals surface area contributed by atoms with E-state index in [1.165, 1.54) is 14.2 Å². The van der Waals surface area contributed by atoms with Gasteiger partial charge in [-0.2, -0.15) is 0 Å². The molecule has 2 aromatic rings. The van der Waals surface area contributed by atoms with Gasteiger partial charge in [0, 0.05) is 5.92 Å². The van der Waals surface area contributed by atoms with Crippen molar-refractivity contribution in [2.75, 3.05) is 14.2 Å². The molecule has 0 aliphatic carbocycles. The summed E-state index contributed by atoms with van der Waals surface area (Å²) >= 11 is 0. The van der Waals surface area contributed by atoms with E-state index in [0.29, 0.717) is 0 Å². The van der Waals surface area contributed by atoms with Crippen molar-refractivity contribution in [3.8, 4) is 0 Å². The van der Waals surface area contributed by atoms with Crippen LogP contribution in [0.3, 0.4) is 0 Å². The van der Waals surface area contributed by atoms with Gasteiger partial charge in [-0.3, -0.25) is 9.59 Å². The fraction of sp³-hybridized carbons (Fsp3) is 0.273. The summed E-state index contributed by atoms with van der Waals surface area (Å²) in [4.78, 5) is 24.7. The molecule has 0 fully saturated rings. The van der Waals surface area contributed by atoms with Gasteiger partial charge in [0.05, 0.1) is 14.2 Å². The molecule has 4 heteroatoms. The van der Waals surface area contributed by atoms with Gasteiger partial charge in [0.1, 0.15) is 0 Å². The van der Waals surface area contributed by atoms with Crippen LogP contribution in [-0.4, -0.2) is 26.2 Å². The predicted octanol–water partition coefficient (Wildman–Crippen LogP) is 4.06. The van der Waals surface area contributed by atoms with Gasteiger partial charge in [-0.05, 0) is 36.1 Å². The van der Waals surface area contributed by atoms with Crippen LogP contribution in [0, 0.1) is 19.8 Å². The van der Waals surface area contributed by atoms with Crippen molar-refractivity contribution in [3.05, 3.63) is 76.9 Å². The maximum absolute atomic E-state index is 12.4. The topological polar surface area (TPSA) is 52.6 Å². The highest BCUT2D eigenvalue weighted by Crippen LogP contribution is 2.31. The first-order valence-electron chi connectivity index (χ1n) is 8.44. The molecular weight excluding hydrogens is 328 g/mol. The minimum atomic E-state index is -1.06. The first-order valence-corrected chi connectivity index (χ1v) is 8.44. The standard InChI is InChI=1S/C22H24O4/c1-15-9-5-7-11-17(15)13-14-19(18-12-8-6-10-16(18)2)20(21(23)25-3)22(24)26-4/h5-14,19-20H,1-4H3/b14-13+. The first kappa shape index (κ1) is 19.4. The van der Waals surface area contributed by atoms with Crippen LogP contribution in [0.4, 0.5) is 0 Å². The SMILES string of the molecule is COC(=O)C(C(=O)OC)C(/C=C/c1ccccc1C)c1ccccc1C. The smallest absolute Gasteiger partial charge is 0.321 e. The average molecular weight is 352 g/mol. The van der Waals surface area contributed by atoms with E-state index in [9.17, 15) is 9.59 Å². The second-order valence-electron chi connectivity index (χ2n) is 6.12. The fourth-order valence-corrected chi connectivity index (χ4v) is 2.98. The average Bonchev–Trinajstić information content (AvgIpc) is 2.66. The summed E-state index contributed by atoms with van der Waals surface area (Å²) in [6.07, 6.45) is 3.81. The quantitative estimate of drug-likeness (QED) is 0.581. The zero-order valence-electron chi connectivity index (χ0n) is 15.6. The molecule has 0 aromatic heterocycles. The van der Waals surface area contributed by atoms with E-state index < -0.39 is 23.8 Å². The largest absolute Gasteiger partial charge is 0.468 e.